The Morgan fingerprint density at radius 3 is 2.54 bits per heavy atom. The van der Waals surface area contributed by atoms with Gasteiger partial charge in [0.15, 0.2) is 0 Å². The van der Waals surface area contributed by atoms with E-state index in [0.29, 0.717) is 17.9 Å². The molecule has 2 heterocycles. The third-order valence-electron chi connectivity index (χ3n) is 4.62. The Bertz CT molecular complexity index is 835. The Morgan fingerprint density at radius 2 is 1.88 bits per heavy atom. The van der Waals surface area contributed by atoms with E-state index >= 15 is 0 Å². The number of hydroxylamine groups is 2. The smallest absolute Gasteiger partial charge is 0.329 e. The normalized spacial score (nSPS) is 19.2. The van der Waals surface area contributed by atoms with Crippen molar-refractivity contribution in [2.24, 2.45) is 13.0 Å². The van der Waals surface area contributed by atoms with Gasteiger partial charge in [-0.15, -0.1) is 0 Å². The lowest BCUT2D eigenvalue weighted by Crippen LogP contribution is -2.36. The van der Waals surface area contributed by atoms with Gasteiger partial charge in [-0.2, -0.15) is 5.10 Å². The maximum atomic E-state index is 12.4. The van der Waals surface area contributed by atoms with Crippen LogP contribution in [0.15, 0.2) is 30.5 Å². The number of benzene rings is 1. The van der Waals surface area contributed by atoms with Crippen LogP contribution in [0.2, 0.25) is 0 Å². The summed E-state index contributed by atoms with van der Waals surface area (Å²) in [5, 5.41) is 4.77. The molecule has 7 heteroatoms. The summed E-state index contributed by atoms with van der Waals surface area (Å²) in [7, 11) is 1.83. The molecule has 2 aromatic rings. The van der Waals surface area contributed by atoms with Gasteiger partial charge in [-0.1, -0.05) is 17.2 Å². The van der Waals surface area contributed by atoms with Crippen LogP contribution in [-0.4, -0.2) is 32.6 Å². The molecular weight excluding hydrogens is 310 g/mol. The van der Waals surface area contributed by atoms with Gasteiger partial charge in [0, 0.05) is 19.2 Å². The zero-order valence-electron chi connectivity index (χ0n) is 13.1. The predicted octanol–water partition coefficient (Wildman–Crippen LogP) is 1.28. The van der Waals surface area contributed by atoms with Crippen LogP contribution in [0.4, 0.5) is 0 Å². The summed E-state index contributed by atoms with van der Waals surface area (Å²) < 4.78 is 1.75. The quantitative estimate of drug-likeness (QED) is 0.777. The molecule has 1 aromatic heterocycles. The molecule has 0 fully saturated rings. The highest BCUT2D eigenvalue weighted by atomic mass is 16.7. The number of imide groups is 1. The largest absolute Gasteiger partial charge is 0.336 e. The number of hydrogen-bond donors (Lipinski definition) is 0. The summed E-state index contributed by atoms with van der Waals surface area (Å²) >= 11 is 0. The molecule has 0 spiro atoms. The summed E-state index contributed by atoms with van der Waals surface area (Å²) in [6.45, 7) is 0. The van der Waals surface area contributed by atoms with Gasteiger partial charge in [0.2, 0.25) is 0 Å². The van der Waals surface area contributed by atoms with E-state index in [1.165, 1.54) is 0 Å². The number of carbonyl (C=O) groups excluding carboxylic acids is 3. The van der Waals surface area contributed by atoms with Crippen LogP contribution < -0.4 is 0 Å². The summed E-state index contributed by atoms with van der Waals surface area (Å²) in [4.78, 5) is 42.1. The maximum Gasteiger partial charge on any atom is 0.336 e. The molecule has 0 radical (unpaired) electrons. The molecule has 2 aliphatic rings. The number of carbonyl (C=O) groups is 3. The fourth-order valence-electron chi connectivity index (χ4n) is 3.26. The van der Waals surface area contributed by atoms with Crippen LogP contribution >= 0.6 is 0 Å². The van der Waals surface area contributed by atoms with Crippen molar-refractivity contribution in [1.82, 2.24) is 14.8 Å². The number of aryl methyl sites for hydroxylation is 2. The first-order valence-electron chi connectivity index (χ1n) is 7.75. The van der Waals surface area contributed by atoms with Crippen molar-refractivity contribution in [1.29, 1.82) is 0 Å². The number of aromatic nitrogens is 2. The number of fused-ring (bicyclic) bond motifs is 2. The predicted molar refractivity (Wildman–Crippen MR) is 81.8 cm³/mol. The molecular formula is C17H15N3O4. The number of amides is 2. The molecule has 0 N–H and O–H groups in total. The van der Waals surface area contributed by atoms with Crippen molar-refractivity contribution in [3.8, 4) is 0 Å². The van der Waals surface area contributed by atoms with Gasteiger partial charge >= 0.3 is 5.97 Å². The average molecular weight is 325 g/mol. The van der Waals surface area contributed by atoms with E-state index in [-0.39, 0.29) is 11.1 Å². The van der Waals surface area contributed by atoms with Gasteiger partial charge < -0.3 is 4.84 Å². The summed E-state index contributed by atoms with van der Waals surface area (Å²) in [5.41, 5.74) is 2.63. The van der Waals surface area contributed by atoms with Gasteiger partial charge in [0.25, 0.3) is 11.8 Å². The van der Waals surface area contributed by atoms with E-state index in [1.807, 2.05) is 7.05 Å². The van der Waals surface area contributed by atoms with Crippen molar-refractivity contribution in [2.45, 2.75) is 19.3 Å². The van der Waals surface area contributed by atoms with Crippen LogP contribution in [0, 0.1) is 5.92 Å². The number of rotatable bonds is 2. The minimum atomic E-state index is -0.596. The lowest BCUT2D eigenvalue weighted by molar-refractivity contribution is -0.174. The molecule has 1 aromatic carbocycles. The van der Waals surface area contributed by atoms with Crippen molar-refractivity contribution < 1.29 is 19.2 Å². The van der Waals surface area contributed by atoms with Crippen molar-refractivity contribution >= 4 is 17.8 Å². The fourth-order valence-corrected chi connectivity index (χ4v) is 3.26. The van der Waals surface area contributed by atoms with Gasteiger partial charge in [-0.3, -0.25) is 14.3 Å². The van der Waals surface area contributed by atoms with E-state index < -0.39 is 23.7 Å². The Labute approximate surface area is 137 Å². The monoisotopic (exact) mass is 325 g/mol. The van der Waals surface area contributed by atoms with E-state index in [0.717, 1.165) is 17.7 Å². The topological polar surface area (TPSA) is 81.5 Å². The molecule has 1 atom stereocenters. The summed E-state index contributed by atoms with van der Waals surface area (Å²) in [5.74, 6) is -2.14. The standard InChI is InChI=1S/C17H15N3O4/c1-19-14-8-10(6-7-11(14)9-18-19)17(23)24-20-15(21)12-4-2-3-5-13(12)16(20)22/h2-5,9-10H,6-8H2,1H3. The Morgan fingerprint density at radius 1 is 1.21 bits per heavy atom. The van der Waals surface area contributed by atoms with Gasteiger partial charge in [-0.05, 0) is 30.5 Å². The molecule has 0 saturated heterocycles. The SMILES string of the molecule is Cn1ncc2c1CC(C(=O)ON1C(=O)c3ccccc3C1=O)CC2. The molecule has 24 heavy (non-hydrogen) atoms. The van der Waals surface area contributed by atoms with E-state index in [4.69, 9.17) is 4.84 Å². The molecule has 1 aliphatic heterocycles. The van der Waals surface area contributed by atoms with Crippen molar-refractivity contribution in [3.63, 3.8) is 0 Å². The molecule has 122 valence electrons. The van der Waals surface area contributed by atoms with Gasteiger partial charge in [-0.25, -0.2) is 4.79 Å². The Hall–Kier alpha value is -2.96. The summed E-state index contributed by atoms with van der Waals surface area (Å²) in [6.07, 6.45) is 3.64. The van der Waals surface area contributed by atoms with Crippen LogP contribution in [0.1, 0.15) is 38.4 Å². The lowest BCUT2D eigenvalue weighted by Gasteiger charge is -2.22. The van der Waals surface area contributed by atoms with Crippen LogP contribution in [0.25, 0.3) is 0 Å². The Kier molecular flexibility index (Phi) is 3.23. The molecule has 7 nitrogen and oxygen atoms in total. The van der Waals surface area contributed by atoms with E-state index in [1.54, 1.807) is 35.1 Å². The maximum absolute atomic E-state index is 12.4. The average Bonchev–Trinajstić information content (AvgIpc) is 3.08. The fraction of sp³-hybridized carbons (Fsp3) is 0.294. The molecule has 2 amide bonds. The van der Waals surface area contributed by atoms with Crippen molar-refractivity contribution in [3.05, 3.63) is 52.8 Å². The minimum Gasteiger partial charge on any atom is -0.329 e. The summed E-state index contributed by atoms with van der Waals surface area (Å²) in [6, 6.07) is 6.43. The second-order valence-corrected chi connectivity index (χ2v) is 6.04. The molecule has 1 unspecified atom stereocenters. The first-order chi connectivity index (χ1) is 11.6. The Balaban J connectivity index is 1.51. The third kappa shape index (κ3) is 2.12. The lowest BCUT2D eigenvalue weighted by atomic mass is 9.88. The molecule has 0 saturated carbocycles. The zero-order chi connectivity index (χ0) is 16.8. The van der Waals surface area contributed by atoms with E-state index in [2.05, 4.69) is 5.10 Å². The highest BCUT2D eigenvalue weighted by molar-refractivity contribution is 6.20. The second kappa shape index (κ2) is 5.30. The minimum absolute atomic E-state index is 0.257. The van der Waals surface area contributed by atoms with Crippen LogP contribution in [-0.2, 0) is 29.5 Å². The van der Waals surface area contributed by atoms with Crippen molar-refractivity contribution in [2.75, 3.05) is 0 Å². The highest BCUT2D eigenvalue weighted by Gasteiger charge is 2.40. The number of nitrogens with zero attached hydrogens (tertiary/aromatic N) is 3. The zero-order valence-corrected chi connectivity index (χ0v) is 13.1. The highest BCUT2D eigenvalue weighted by Crippen LogP contribution is 2.28. The molecule has 0 bridgehead atoms. The first kappa shape index (κ1) is 14.6. The van der Waals surface area contributed by atoms with Gasteiger partial charge in [0.1, 0.15) is 0 Å². The second-order valence-electron chi connectivity index (χ2n) is 6.04. The van der Waals surface area contributed by atoms with Crippen LogP contribution in [0.3, 0.4) is 0 Å². The molecule has 4 rings (SSSR count). The van der Waals surface area contributed by atoms with Gasteiger partial charge in [0.05, 0.1) is 23.2 Å². The number of hydrogen-bond acceptors (Lipinski definition) is 5. The van der Waals surface area contributed by atoms with E-state index in [9.17, 15) is 14.4 Å². The third-order valence-corrected chi connectivity index (χ3v) is 4.62. The first-order valence-corrected chi connectivity index (χ1v) is 7.75. The molecule has 1 aliphatic carbocycles. The van der Waals surface area contributed by atoms with Crippen LogP contribution in [0.5, 0.6) is 0 Å².